The fourth-order valence-corrected chi connectivity index (χ4v) is 2.04. The number of hydrogen-bond acceptors (Lipinski definition) is 5. The van der Waals surface area contributed by atoms with Crippen LogP contribution in [0.5, 0.6) is 0 Å². The Labute approximate surface area is 109 Å². The molecule has 1 aromatic rings. The van der Waals surface area contributed by atoms with Gasteiger partial charge in [0.05, 0.1) is 11.1 Å². The van der Waals surface area contributed by atoms with E-state index < -0.39 is 0 Å². The highest BCUT2D eigenvalue weighted by Gasteiger charge is 2.26. The number of carbonyl (C=O) groups is 2. The number of carbonyl (C=O) groups excluding carboxylic acids is 2. The van der Waals surface area contributed by atoms with Gasteiger partial charge in [-0.05, 0) is 19.8 Å². The van der Waals surface area contributed by atoms with E-state index in [1.165, 1.54) is 0 Å². The third-order valence-corrected chi connectivity index (χ3v) is 3.28. The second-order valence-corrected chi connectivity index (χ2v) is 4.92. The zero-order chi connectivity index (χ0) is 13.0. The molecule has 0 bridgehead atoms. The molecule has 18 heavy (non-hydrogen) atoms. The SMILES string of the molecule is CCOC(=O)CC[n+]1cc(C(=O)NC2CC2)sn1. The van der Waals surface area contributed by atoms with Gasteiger partial charge < -0.3 is 10.1 Å². The van der Waals surface area contributed by atoms with Crippen LogP contribution in [-0.2, 0) is 16.1 Å². The van der Waals surface area contributed by atoms with Crippen LogP contribution in [0.2, 0.25) is 0 Å². The van der Waals surface area contributed by atoms with Gasteiger partial charge in [0, 0.05) is 17.6 Å². The number of hydrogen-bond donors (Lipinski definition) is 1. The van der Waals surface area contributed by atoms with Crippen LogP contribution < -0.4 is 10.00 Å². The summed E-state index contributed by atoms with van der Waals surface area (Å²) in [5.74, 6) is -0.327. The molecule has 2 rings (SSSR count). The molecule has 0 spiro atoms. The molecule has 6 nitrogen and oxygen atoms in total. The van der Waals surface area contributed by atoms with Gasteiger partial charge in [0.25, 0.3) is 5.91 Å². The van der Waals surface area contributed by atoms with Gasteiger partial charge in [-0.2, -0.15) is 0 Å². The van der Waals surface area contributed by atoms with Crippen molar-refractivity contribution in [3.8, 4) is 0 Å². The minimum atomic E-state index is -0.248. The van der Waals surface area contributed by atoms with Crippen LogP contribution in [0, 0.1) is 0 Å². The lowest BCUT2D eigenvalue weighted by molar-refractivity contribution is -0.745. The second kappa shape index (κ2) is 5.90. The zero-order valence-electron chi connectivity index (χ0n) is 10.2. The molecule has 1 aliphatic rings. The topological polar surface area (TPSA) is 72.2 Å². The Balaban J connectivity index is 1.81. The van der Waals surface area contributed by atoms with E-state index in [2.05, 4.69) is 9.81 Å². The first kappa shape index (κ1) is 12.9. The number of amides is 1. The monoisotopic (exact) mass is 270 g/mol. The number of aryl methyl sites for hydroxylation is 1. The van der Waals surface area contributed by atoms with E-state index in [0.29, 0.717) is 24.1 Å². The summed E-state index contributed by atoms with van der Waals surface area (Å²) in [6.45, 7) is 2.59. The van der Waals surface area contributed by atoms with E-state index in [4.69, 9.17) is 4.74 Å². The van der Waals surface area contributed by atoms with Crippen molar-refractivity contribution >= 4 is 23.4 Å². The Hall–Kier alpha value is -1.50. The summed E-state index contributed by atoms with van der Waals surface area (Å²) in [6.07, 6.45) is 4.06. The van der Waals surface area contributed by atoms with Gasteiger partial charge >= 0.3 is 5.97 Å². The third-order valence-electron chi connectivity index (χ3n) is 2.50. The fourth-order valence-electron chi connectivity index (χ4n) is 1.41. The number of nitrogens with zero attached hydrogens (tertiary/aromatic N) is 2. The van der Waals surface area contributed by atoms with Crippen LogP contribution in [0.4, 0.5) is 0 Å². The summed E-state index contributed by atoms with van der Waals surface area (Å²) >= 11 is 1.14. The molecule has 0 atom stereocenters. The summed E-state index contributed by atoms with van der Waals surface area (Å²) in [4.78, 5) is 23.4. The minimum absolute atomic E-state index is 0.0788. The summed E-state index contributed by atoms with van der Waals surface area (Å²) in [5, 5.41) is 2.90. The molecule has 0 radical (unpaired) electrons. The lowest BCUT2D eigenvalue weighted by atomic mass is 10.4. The highest BCUT2D eigenvalue weighted by molar-refractivity contribution is 7.07. The molecular weight excluding hydrogens is 254 g/mol. The van der Waals surface area contributed by atoms with E-state index in [0.717, 1.165) is 24.4 Å². The van der Waals surface area contributed by atoms with Crippen molar-refractivity contribution < 1.29 is 19.0 Å². The van der Waals surface area contributed by atoms with Crippen molar-refractivity contribution in [3.05, 3.63) is 11.1 Å². The molecule has 98 valence electrons. The minimum Gasteiger partial charge on any atom is -0.466 e. The lowest BCUT2D eigenvalue weighted by Crippen LogP contribution is -2.36. The lowest BCUT2D eigenvalue weighted by Gasteiger charge is -1.96. The predicted molar refractivity (Wildman–Crippen MR) is 64.0 cm³/mol. The molecule has 1 aromatic heterocycles. The van der Waals surface area contributed by atoms with Crippen LogP contribution in [0.15, 0.2) is 6.20 Å². The molecule has 1 amide bonds. The normalized spacial score (nSPS) is 14.3. The smallest absolute Gasteiger partial charge is 0.312 e. The number of nitrogens with one attached hydrogen (secondary N) is 1. The van der Waals surface area contributed by atoms with Gasteiger partial charge in [0.1, 0.15) is 6.42 Å². The van der Waals surface area contributed by atoms with Gasteiger partial charge in [-0.3, -0.25) is 9.59 Å². The van der Waals surface area contributed by atoms with Crippen LogP contribution >= 0.6 is 11.5 Å². The second-order valence-electron chi connectivity index (χ2n) is 4.13. The van der Waals surface area contributed by atoms with Crippen LogP contribution in [0.1, 0.15) is 35.9 Å². The molecule has 0 unspecified atom stereocenters. The molecule has 1 fully saturated rings. The Bertz CT molecular complexity index is 442. The zero-order valence-corrected chi connectivity index (χ0v) is 11.0. The van der Waals surface area contributed by atoms with E-state index in [1.54, 1.807) is 17.8 Å². The highest BCUT2D eigenvalue weighted by atomic mass is 32.1. The Morgan fingerprint density at radius 3 is 3.06 bits per heavy atom. The maximum absolute atomic E-state index is 11.7. The number of esters is 1. The predicted octanol–water partition coefficient (Wildman–Crippen LogP) is 0.276. The summed E-state index contributed by atoms with van der Waals surface area (Å²) in [7, 11) is 0. The molecule has 1 heterocycles. The molecular formula is C11H16N3O3S+. The van der Waals surface area contributed by atoms with Crippen molar-refractivity contribution in [1.82, 2.24) is 9.81 Å². The molecule has 1 N–H and O–H groups in total. The van der Waals surface area contributed by atoms with Gasteiger partial charge in [0.2, 0.25) is 6.20 Å². The largest absolute Gasteiger partial charge is 0.466 e. The van der Waals surface area contributed by atoms with Crippen molar-refractivity contribution in [1.29, 1.82) is 0 Å². The first-order chi connectivity index (χ1) is 8.69. The molecule has 0 aliphatic heterocycles. The summed E-state index contributed by atoms with van der Waals surface area (Å²) in [6, 6.07) is 0.340. The summed E-state index contributed by atoms with van der Waals surface area (Å²) in [5.41, 5.74) is 0. The Morgan fingerprint density at radius 2 is 2.39 bits per heavy atom. The van der Waals surface area contributed by atoms with E-state index in [9.17, 15) is 9.59 Å². The molecule has 0 saturated heterocycles. The molecule has 0 aromatic carbocycles. The van der Waals surface area contributed by atoms with Crippen LogP contribution in [0.25, 0.3) is 0 Å². The average Bonchev–Trinajstić information content (AvgIpc) is 3.02. The van der Waals surface area contributed by atoms with Gasteiger partial charge in [-0.15, -0.1) is 0 Å². The van der Waals surface area contributed by atoms with Gasteiger partial charge in [0.15, 0.2) is 11.4 Å². The molecule has 7 heteroatoms. The van der Waals surface area contributed by atoms with Crippen molar-refractivity contribution in [3.63, 3.8) is 0 Å². The average molecular weight is 270 g/mol. The van der Waals surface area contributed by atoms with E-state index >= 15 is 0 Å². The quantitative estimate of drug-likeness (QED) is 0.595. The number of aromatic nitrogens is 2. The molecule has 1 aliphatic carbocycles. The van der Waals surface area contributed by atoms with Crippen molar-refractivity contribution in [2.75, 3.05) is 6.61 Å². The van der Waals surface area contributed by atoms with Crippen LogP contribution in [0.3, 0.4) is 0 Å². The third kappa shape index (κ3) is 3.76. The first-order valence-corrected chi connectivity index (χ1v) is 6.79. The maximum Gasteiger partial charge on any atom is 0.312 e. The first-order valence-electron chi connectivity index (χ1n) is 6.02. The van der Waals surface area contributed by atoms with Crippen molar-refractivity contribution in [2.45, 2.75) is 38.8 Å². The van der Waals surface area contributed by atoms with Crippen molar-refractivity contribution in [2.24, 2.45) is 0 Å². The van der Waals surface area contributed by atoms with E-state index in [1.807, 2.05) is 0 Å². The Kier molecular flexibility index (Phi) is 4.24. The number of rotatable bonds is 6. The maximum atomic E-state index is 11.7. The highest BCUT2D eigenvalue weighted by Crippen LogP contribution is 2.19. The summed E-state index contributed by atoms with van der Waals surface area (Å²) < 4.78 is 10.5. The van der Waals surface area contributed by atoms with Gasteiger partial charge in [-0.25, -0.2) is 0 Å². The number of ether oxygens (including phenoxy) is 1. The standard InChI is InChI=1S/C11H15N3O3S/c1-2-17-10(15)5-6-14-7-9(18-13-14)11(16)12-8-3-4-8/h7-8H,2-6H2,1H3/p+1. The molecule has 1 saturated carbocycles. The fraction of sp³-hybridized carbons (Fsp3) is 0.636. The van der Waals surface area contributed by atoms with E-state index in [-0.39, 0.29) is 18.3 Å². The van der Waals surface area contributed by atoms with Gasteiger partial charge in [-0.1, -0.05) is 4.68 Å². The van der Waals surface area contributed by atoms with Crippen LogP contribution in [-0.4, -0.2) is 29.0 Å². The Morgan fingerprint density at radius 1 is 1.61 bits per heavy atom.